The molecular weight excluding hydrogens is 262 g/mol. The normalized spacial score (nSPS) is 20.9. The van der Waals surface area contributed by atoms with Crippen LogP contribution in [0.4, 0.5) is 5.69 Å². The number of anilines is 1. The maximum Gasteiger partial charge on any atom is 0.331 e. The number of benzene rings is 1. The van der Waals surface area contributed by atoms with Crippen molar-refractivity contribution < 1.29 is 9.53 Å². The quantitative estimate of drug-likeness (QED) is 0.770. The molecule has 0 bridgehead atoms. The Labute approximate surface area is 128 Å². The van der Waals surface area contributed by atoms with Crippen LogP contribution >= 0.6 is 0 Å². The van der Waals surface area contributed by atoms with E-state index in [-0.39, 0.29) is 11.5 Å². The third-order valence-electron chi connectivity index (χ3n) is 4.68. The van der Waals surface area contributed by atoms with Crippen LogP contribution < -0.4 is 4.90 Å². The number of carbonyl (C=O) groups excluding carboxylic acids is 1. The second-order valence-electron chi connectivity index (χ2n) is 7.32. The minimum atomic E-state index is -0.695. The minimum absolute atomic E-state index is 0.101. The molecule has 0 spiro atoms. The number of carbonyl (C=O) groups is 1. The summed E-state index contributed by atoms with van der Waals surface area (Å²) in [5, 5.41) is 0. The number of esters is 1. The molecule has 1 aliphatic heterocycles. The number of fused-ring (bicyclic) bond motifs is 1. The molecule has 0 N–H and O–H groups in total. The Balaban J connectivity index is 2.69. The van der Waals surface area contributed by atoms with Crippen LogP contribution in [-0.4, -0.2) is 24.2 Å². The van der Waals surface area contributed by atoms with E-state index >= 15 is 0 Å². The molecule has 0 saturated heterocycles. The van der Waals surface area contributed by atoms with Crippen molar-refractivity contribution in [3.8, 4) is 0 Å². The molecule has 3 heteroatoms. The SMILES string of the molecule is COC(=O)C(C)(C)N1c2c(C)cccc2C(C)CC1(C)C. The van der Waals surface area contributed by atoms with Crippen molar-refractivity contribution >= 4 is 11.7 Å². The second-order valence-corrected chi connectivity index (χ2v) is 7.32. The molecule has 116 valence electrons. The third-order valence-corrected chi connectivity index (χ3v) is 4.68. The average Bonchev–Trinajstić information content (AvgIpc) is 2.37. The standard InChI is InChI=1S/C18H27NO2/c1-12-9-8-10-14-13(2)11-17(3,4)19(15(12)14)18(5,6)16(20)21-7/h8-10,13H,11H2,1-7H3. The van der Waals surface area contributed by atoms with Crippen molar-refractivity contribution in [2.45, 2.75) is 65.0 Å². The Bertz CT molecular complexity index is 560. The van der Waals surface area contributed by atoms with Gasteiger partial charge in [0.15, 0.2) is 0 Å². The highest BCUT2D eigenvalue weighted by atomic mass is 16.5. The topological polar surface area (TPSA) is 29.5 Å². The van der Waals surface area contributed by atoms with Gasteiger partial charge in [0.05, 0.1) is 7.11 Å². The van der Waals surface area contributed by atoms with Crippen molar-refractivity contribution in [1.29, 1.82) is 0 Å². The fourth-order valence-electron chi connectivity index (χ4n) is 4.02. The molecule has 3 nitrogen and oxygen atoms in total. The first kappa shape index (κ1) is 15.9. The van der Waals surface area contributed by atoms with Crippen molar-refractivity contribution in [3.05, 3.63) is 29.3 Å². The predicted octanol–water partition coefficient (Wildman–Crippen LogP) is 4.04. The minimum Gasteiger partial charge on any atom is -0.467 e. The van der Waals surface area contributed by atoms with Crippen LogP contribution in [0.5, 0.6) is 0 Å². The second kappa shape index (κ2) is 5.04. The first-order valence-electron chi connectivity index (χ1n) is 7.61. The molecule has 2 rings (SSSR count). The Morgan fingerprint density at radius 2 is 2.00 bits per heavy atom. The van der Waals surface area contributed by atoms with E-state index in [9.17, 15) is 4.79 Å². The summed E-state index contributed by atoms with van der Waals surface area (Å²) in [6.45, 7) is 12.7. The van der Waals surface area contributed by atoms with Gasteiger partial charge in [0, 0.05) is 11.2 Å². The molecule has 0 radical (unpaired) electrons. The summed E-state index contributed by atoms with van der Waals surface area (Å²) < 4.78 is 5.06. The van der Waals surface area contributed by atoms with Crippen LogP contribution in [0, 0.1) is 6.92 Å². The summed E-state index contributed by atoms with van der Waals surface area (Å²) >= 11 is 0. The smallest absolute Gasteiger partial charge is 0.331 e. The first-order chi connectivity index (χ1) is 9.63. The predicted molar refractivity (Wildman–Crippen MR) is 86.9 cm³/mol. The van der Waals surface area contributed by atoms with Crippen LogP contribution in [0.3, 0.4) is 0 Å². The molecule has 1 heterocycles. The number of hydrogen-bond donors (Lipinski definition) is 0. The van der Waals surface area contributed by atoms with Gasteiger partial charge < -0.3 is 9.64 Å². The maximum atomic E-state index is 12.4. The molecule has 1 aliphatic rings. The van der Waals surface area contributed by atoms with E-state index in [1.165, 1.54) is 23.9 Å². The molecule has 0 amide bonds. The molecule has 1 atom stereocenters. The molecule has 21 heavy (non-hydrogen) atoms. The van der Waals surface area contributed by atoms with Gasteiger partial charge in [-0.1, -0.05) is 25.1 Å². The number of ether oxygens (including phenoxy) is 1. The zero-order chi connectivity index (χ0) is 16.0. The molecule has 1 unspecified atom stereocenters. The van der Waals surface area contributed by atoms with Crippen LogP contribution in [-0.2, 0) is 9.53 Å². The molecule has 1 aromatic rings. The first-order valence-corrected chi connectivity index (χ1v) is 7.61. The van der Waals surface area contributed by atoms with Crippen LogP contribution in [0.15, 0.2) is 18.2 Å². The highest BCUT2D eigenvalue weighted by Crippen LogP contribution is 2.48. The van der Waals surface area contributed by atoms with E-state index in [2.05, 4.69) is 50.8 Å². The van der Waals surface area contributed by atoms with E-state index in [4.69, 9.17) is 4.74 Å². The summed E-state index contributed by atoms with van der Waals surface area (Å²) in [6, 6.07) is 6.40. The molecule has 0 aromatic heterocycles. The van der Waals surface area contributed by atoms with Gasteiger partial charge in [-0.25, -0.2) is 4.79 Å². The summed E-state index contributed by atoms with van der Waals surface area (Å²) in [7, 11) is 1.46. The Hall–Kier alpha value is -1.51. The summed E-state index contributed by atoms with van der Waals surface area (Å²) in [5.41, 5.74) is 2.93. The molecule has 0 aliphatic carbocycles. The van der Waals surface area contributed by atoms with Gasteiger partial charge in [0.25, 0.3) is 0 Å². The maximum absolute atomic E-state index is 12.4. The number of para-hydroxylation sites is 1. The van der Waals surface area contributed by atoms with Gasteiger partial charge in [0.2, 0.25) is 0 Å². The van der Waals surface area contributed by atoms with Crippen molar-refractivity contribution in [2.24, 2.45) is 0 Å². The fraction of sp³-hybridized carbons (Fsp3) is 0.611. The lowest BCUT2D eigenvalue weighted by molar-refractivity contribution is -0.146. The van der Waals surface area contributed by atoms with E-state index in [0.717, 1.165) is 6.42 Å². The Morgan fingerprint density at radius 3 is 2.57 bits per heavy atom. The number of hydrogen-bond acceptors (Lipinski definition) is 3. The van der Waals surface area contributed by atoms with Gasteiger partial charge in [0.1, 0.15) is 5.54 Å². The van der Waals surface area contributed by atoms with E-state index in [1.54, 1.807) is 0 Å². The lowest BCUT2D eigenvalue weighted by Crippen LogP contribution is -2.62. The highest BCUT2D eigenvalue weighted by molar-refractivity contribution is 5.86. The van der Waals surface area contributed by atoms with Gasteiger partial charge in [-0.3, -0.25) is 0 Å². The van der Waals surface area contributed by atoms with E-state index in [0.29, 0.717) is 5.92 Å². The molecule has 0 saturated carbocycles. The lowest BCUT2D eigenvalue weighted by atomic mass is 9.76. The van der Waals surface area contributed by atoms with Gasteiger partial charge in [-0.05, 0) is 58.1 Å². The van der Waals surface area contributed by atoms with Crippen LogP contribution in [0.2, 0.25) is 0 Å². The van der Waals surface area contributed by atoms with Crippen molar-refractivity contribution in [1.82, 2.24) is 0 Å². The van der Waals surface area contributed by atoms with Gasteiger partial charge in [-0.2, -0.15) is 0 Å². The van der Waals surface area contributed by atoms with Crippen molar-refractivity contribution in [2.75, 3.05) is 12.0 Å². The van der Waals surface area contributed by atoms with Crippen LogP contribution in [0.1, 0.15) is 58.1 Å². The zero-order valence-corrected chi connectivity index (χ0v) is 14.3. The number of methoxy groups -OCH3 is 1. The summed E-state index contributed by atoms with van der Waals surface area (Å²) in [6.07, 6.45) is 1.02. The van der Waals surface area contributed by atoms with Gasteiger partial charge >= 0.3 is 5.97 Å². The molecular formula is C18H27NO2. The third kappa shape index (κ3) is 2.43. The van der Waals surface area contributed by atoms with Gasteiger partial charge in [-0.15, -0.1) is 0 Å². The summed E-state index contributed by atoms with van der Waals surface area (Å²) in [4.78, 5) is 14.6. The Morgan fingerprint density at radius 1 is 1.38 bits per heavy atom. The largest absolute Gasteiger partial charge is 0.467 e. The lowest BCUT2D eigenvalue weighted by Gasteiger charge is -2.54. The number of aryl methyl sites for hydroxylation is 1. The zero-order valence-electron chi connectivity index (χ0n) is 14.3. The van der Waals surface area contributed by atoms with Crippen LogP contribution in [0.25, 0.3) is 0 Å². The number of nitrogens with zero attached hydrogens (tertiary/aromatic N) is 1. The molecule has 1 aromatic carbocycles. The van der Waals surface area contributed by atoms with E-state index < -0.39 is 5.54 Å². The Kier molecular flexibility index (Phi) is 3.81. The van der Waals surface area contributed by atoms with Crippen molar-refractivity contribution in [3.63, 3.8) is 0 Å². The average molecular weight is 289 g/mol. The summed E-state index contributed by atoms with van der Waals surface area (Å²) in [5.74, 6) is 0.291. The van der Waals surface area contributed by atoms with E-state index in [1.807, 2.05) is 13.8 Å². The highest BCUT2D eigenvalue weighted by Gasteiger charge is 2.48. The monoisotopic (exact) mass is 289 g/mol. The molecule has 0 fully saturated rings. The number of rotatable bonds is 2. The fourth-order valence-corrected chi connectivity index (χ4v) is 4.02.